The highest BCUT2D eigenvalue weighted by Gasteiger charge is 2.31. The summed E-state index contributed by atoms with van der Waals surface area (Å²) in [4.78, 5) is 37.7. The summed E-state index contributed by atoms with van der Waals surface area (Å²) in [5.74, 6) is -1.95. The Bertz CT molecular complexity index is 1290. The molecular formula is C29H30N2O5. The molecule has 1 aliphatic rings. The topological polar surface area (TPSA) is 107 Å². The van der Waals surface area contributed by atoms with Crippen molar-refractivity contribution in [3.05, 3.63) is 94.5 Å². The first-order chi connectivity index (χ1) is 17.2. The average Bonchev–Trinajstić information content (AvgIpc) is 3.32. The van der Waals surface area contributed by atoms with E-state index in [4.69, 9.17) is 5.11 Å². The van der Waals surface area contributed by atoms with Crippen molar-refractivity contribution in [2.45, 2.75) is 45.3 Å². The molecule has 36 heavy (non-hydrogen) atoms. The van der Waals surface area contributed by atoms with Gasteiger partial charge in [0.05, 0.1) is 23.2 Å². The third-order valence-electron chi connectivity index (χ3n) is 6.78. The molecule has 0 aliphatic carbocycles. The molecular weight excluding hydrogens is 456 g/mol. The number of carboxylic acids is 2. The van der Waals surface area contributed by atoms with Gasteiger partial charge >= 0.3 is 11.9 Å². The first kappa shape index (κ1) is 25.1. The number of carbonyl (C=O) groups excluding carboxylic acids is 1. The summed E-state index contributed by atoms with van der Waals surface area (Å²) < 4.78 is 0. The van der Waals surface area contributed by atoms with Crippen molar-refractivity contribution < 1.29 is 24.6 Å². The first-order valence-corrected chi connectivity index (χ1v) is 12.0. The molecule has 186 valence electrons. The van der Waals surface area contributed by atoms with Crippen LogP contribution in [0.1, 0.15) is 63.2 Å². The zero-order chi connectivity index (χ0) is 25.8. The Balaban J connectivity index is 1.44. The molecule has 7 nitrogen and oxygen atoms in total. The fourth-order valence-electron chi connectivity index (χ4n) is 4.81. The summed E-state index contributed by atoms with van der Waals surface area (Å²) in [6.07, 6.45) is 1.72. The van der Waals surface area contributed by atoms with Gasteiger partial charge in [-0.2, -0.15) is 0 Å². The number of benzene rings is 3. The molecule has 1 aliphatic heterocycles. The lowest BCUT2D eigenvalue weighted by Gasteiger charge is -2.26. The average molecular weight is 487 g/mol. The number of aromatic carboxylic acids is 2. The van der Waals surface area contributed by atoms with Crippen molar-refractivity contribution in [2.75, 3.05) is 6.54 Å². The number of carboxylic acid groups (broad SMARTS) is 2. The maximum absolute atomic E-state index is 13.1. The Morgan fingerprint density at radius 3 is 2.33 bits per heavy atom. The van der Waals surface area contributed by atoms with Gasteiger partial charge in [-0.3, -0.25) is 9.69 Å². The normalized spacial score (nSPS) is 16.4. The summed E-state index contributed by atoms with van der Waals surface area (Å²) >= 11 is 0. The van der Waals surface area contributed by atoms with Crippen LogP contribution >= 0.6 is 0 Å². The van der Waals surface area contributed by atoms with Crippen LogP contribution in [0.25, 0.3) is 11.1 Å². The molecule has 3 N–H and O–H groups in total. The maximum Gasteiger partial charge on any atom is 0.335 e. The third-order valence-corrected chi connectivity index (χ3v) is 6.78. The van der Waals surface area contributed by atoms with Crippen molar-refractivity contribution in [1.29, 1.82) is 0 Å². The van der Waals surface area contributed by atoms with E-state index in [-0.39, 0.29) is 29.1 Å². The van der Waals surface area contributed by atoms with Gasteiger partial charge in [-0.25, -0.2) is 9.59 Å². The largest absolute Gasteiger partial charge is 0.478 e. The number of hydrogen-bond donors (Lipinski definition) is 3. The summed E-state index contributed by atoms with van der Waals surface area (Å²) in [6, 6.07) is 19.4. The zero-order valence-electron chi connectivity index (χ0n) is 20.4. The van der Waals surface area contributed by atoms with Crippen LogP contribution in [0.5, 0.6) is 0 Å². The van der Waals surface area contributed by atoms with Crippen LogP contribution in [0.15, 0.2) is 66.7 Å². The van der Waals surface area contributed by atoms with E-state index in [1.807, 2.05) is 38.1 Å². The molecule has 0 radical (unpaired) electrons. The van der Waals surface area contributed by atoms with E-state index >= 15 is 0 Å². The number of hydrogen-bond acceptors (Lipinski definition) is 4. The molecule has 0 bridgehead atoms. The number of aryl methyl sites for hydroxylation is 1. The molecule has 1 saturated heterocycles. The predicted octanol–water partition coefficient (Wildman–Crippen LogP) is 4.90. The quantitative estimate of drug-likeness (QED) is 0.418. The maximum atomic E-state index is 13.1. The van der Waals surface area contributed by atoms with Gasteiger partial charge in [-0.15, -0.1) is 0 Å². The number of amides is 1. The van der Waals surface area contributed by atoms with Crippen LogP contribution in [-0.4, -0.2) is 45.5 Å². The number of rotatable bonds is 8. The van der Waals surface area contributed by atoms with Gasteiger partial charge in [-0.1, -0.05) is 36.4 Å². The van der Waals surface area contributed by atoms with Crippen LogP contribution < -0.4 is 5.32 Å². The van der Waals surface area contributed by atoms with Gasteiger partial charge in [0.2, 0.25) is 5.91 Å². The van der Waals surface area contributed by atoms with Gasteiger partial charge in [0.15, 0.2) is 0 Å². The third kappa shape index (κ3) is 5.63. The van der Waals surface area contributed by atoms with Crippen LogP contribution in [-0.2, 0) is 11.3 Å². The summed E-state index contributed by atoms with van der Waals surface area (Å²) in [6.45, 7) is 5.27. The first-order valence-electron chi connectivity index (χ1n) is 12.0. The fourth-order valence-corrected chi connectivity index (χ4v) is 4.81. The van der Waals surface area contributed by atoms with Gasteiger partial charge in [0, 0.05) is 6.54 Å². The van der Waals surface area contributed by atoms with Crippen molar-refractivity contribution in [3.8, 4) is 11.1 Å². The Hall–Kier alpha value is -3.97. The van der Waals surface area contributed by atoms with Crippen molar-refractivity contribution in [3.63, 3.8) is 0 Å². The van der Waals surface area contributed by atoms with E-state index in [1.165, 1.54) is 0 Å². The number of nitrogens with one attached hydrogen (secondary N) is 1. The molecule has 3 aromatic carbocycles. The van der Waals surface area contributed by atoms with Gasteiger partial charge in [0.1, 0.15) is 0 Å². The van der Waals surface area contributed by atoms with E-state index < -0.39 is 11.9 Å². The highest BCUT2D eigenvalue weighted by molar-refractivity contribution is 5.89. The van der Waals surface area contributed by atoms with Crippen LogP contribution in [0.2, 0.25) is 0 Å². The lowest BCUT2D eigenvalue weighted by Crippen LogP contribution is -2.43. The standard InChI is InChI=1S/C29H30N2O5/c1-18-15-24(29(35)36)12-13-25(18)23-6-3-5-20(16-23)17-31-14-4-7-26(31)27(32)30-19(2)21-8-10-22(11-9-21)28(33)34/h3,5-6,8-13,15-16,19,26H,4,7,14,17H2,1-2H3,(H,30,32)(H,33,34)(H,35,36)/t19-,26+/m0/s1. The highest BCUT2D eigenvalue weighted by atomic mass is 16.4. The van der Waals surface area contributed by atoms with Gasteiger partial charge in [-0.05, 0) is 91.4 Å². The van der Waals surface area contributed by atoms with E-state index in [0.29, 0.717) is 6.54 Å². The summed E-state index contributed by atoms with van der Waals surface area (Å²) in [5.41, 5.74) is 5.33. The second-order valence-corrected chi connectivity index (χ2v) is 9.32. The Labute approximate surface area is 210 Å². The Kier molecular flexibility index (Phi) is 7.50. The zero-order valence-corrected chi connectivity index (χ0v) is 20.4. The van der Waals surface area contributed by atoms with Crippen molar-refractivity contribution >= 4 is 17.8 Å². The van der Waals surface area contributed by atoms with Gasteiger partial charge in [0.25, 0.3) is 0 Å². The number of carbonyl (C=O) groups is 3. The lowest BCUT2D eigenvalue weighted by molar-refractivity contribution is -0.126. The van der Waals surface area contributed by atoms with E-state index in [2.05, 4.69) is 16.3 Å². The van der Waals surface area contributed by atoms with E-state index in [0.717, 1.165) is 47.2 Å². The molecule has 1 amide bonds. The van der Waals surface area contributed by atoms with Crippen LogP contribution in [0.3, 0.4) is 0 Å². The molecule has 0 saturated carbocycles. The molecule has 1 heterocycles. The minimum Gasteiger partial charge on any atom is -0.478 e. The fraction of sp³-hybridized carbons (Fsp3) is 0.276. The minimum atomic E-state index is -0.976. The van der Waals surface area contributed by atoms with Crippen LogP contribution in [0.4, 0.5) is 0 Å². The van der Waals surface area contributed by atoms with Gasteiger partial charge < -0.3 is 15.5 Å². The molecule has 4 rings (SSSR count). The molecule has 0 unspecified atom stereocenters. The second-order valence-electron chi connectivity index (χ2n) is 9.32. The molecule has 7 heteroatoms. The second kappa shape index (κ2) is 10.7. The molecule has 0 spiro atoms. The SMILES string of the molecule is Cc1cc(C(=O)O)ccc1-c1cccc(CN2CCC[C@@H]2C(=O)N[C@@H](C)c2ccc(C(=O)O)cc2)c1. The smallest absolute Gasteiger partial charge is 0.335 e. The van der Waals surface area contributed by atoms with Crippen molar-refractivity contribution in [1.82, 2.24) is 10.2 Å². The predicted molar refractivity (Wildman–Crippen MR) is 137 cm³/mol. The van der Waals surface area contributed by atoms with E-state index in [1.54, 1.807) is 36.4 Å². The molecule has 0 aromatic heterocycles. The molecule has 3 aromatic rings. The lowest BCUT2D eigenvalue weighted by atomic mass is 9.97. The number of likely N-dealkylation sites (tertiary alicyclic amines) is 1. The molecule has 2 atom stereocenters. The Morgan fingerprint density at radius 2 is 1.67 bits per heavy atom. The highest BCUT2D eigenvalue weighted by Crippen LogP contribution is 2.27. The number of nitrogens with zero attached hydrogens (tertiary/aromatic N) is 1. The molecule has 1 fully saturated rings. The van der Waals surface area contributed by atoms with Crippen LogP contribution in [0, 0.1) is 6.92 Å². The van der Waals surface area contributed by atoms with E-state index in [9.17, 15) is 19.5 Å². The Morgan fingerprint density at radius 1 is 0.972 bits per heavy atom. The van der Waals surface area contributed by atoms with Crippen molar-refractivity contribution in [2.24, 2.45) is 0 Å². The minimum absolute atomic E-state index is 0.0291. The summed E-state index contributed by atoms with van der Waals surface area (Å²) in [5, 5.41) is 21.4. The summed E-state index contributed by atoms with van der Waals surface area (Å²) in [7, 11) is 0. The monoisotopic (exact) mass is 486 g/mol.